The lowest BCUT2D eigenvalue weighted by atomic mass is 10.2. The van der Waals surface area contributed by atoms with Gasteiger partial charge in [0, 0.05) is 31.1 Å². The van der Waals surface area contributed by atoms with Gasteiger partial charge in [-0.2, -0.15) is 16.9 Å². The van der Waals surface area contributed by atoms with Crippen LogP contribution in [0.15, 0.2) is 6.20 Å². The van der Waals surface area contributed by atoms with Crippen LogP contribution in [0.1, 0.15) is 47.8 Å². The molecule has 0 bridgehead atoms. The van der Waals surface area contributed by atoms with Crippen LogP contribution in [0.3, 0.4) is 0 Å². The molecule has 1 saturated carbocycles. The third kappa shape index (κ3) is 3.66. The predicted molar refractivity (Wildman–Crippen MR) is 88.5 cm³/mol. The fourth-order valence-corrected chi connectivity index (χ4v) is 4.29. The average molecular weight is 323 g/mol. The number of carbonyl (C=O) groups is 1. The Kier molecular flexibility index (Phi) is 5.41. The van der Waals surface area contributed by atoms with Gasteiger partial charge in [0.2, 0.25) is 0 Å². The van der Waals surface area contributed by atoms with Gasteiger partial charge in [0.25, 0.3) is 0 Å². The highest BCUT2D eigenvalue weighted by Crippen LogP contribution is 2.30. The van der Waals surface area contributed by atoms with Crippen LogP contribution >= 0.6 is 11.8 Å². The van der Waals surface area contributed by atoms with Crippen molar-refractivity contribution in [3.8, 4) is 0 Å². The molecule has 0 radical (unpaired) electrons. The van der Waals surface area contributed by atoms with Crippen LogP contribution in [0.2, 0.25) is 0 Å². The van der Waals surface area contributed by atoms with Gasteiger partial charge >= 0.3 is 5.97 Å². The lowest BCUT2D eigenvalue weighted by Crippen LogP contribution is -2.35. The number of hydrogen-bond acceptors (Lipinski definition) is 5. The lowest BCUT2D eigenvalue weighted by molar-refractivity contribution is 0.0465. The first-order chi connectivity index (χ1) is 10.8. The van der Waals surface area contributed by atoms with Gasteiger partial charge in [-0.1, -0.05) is 12.8 Å². The summed E-state index contributed by atoms with van der Waals surface area (Å²) in [7, 11) is 0. The van der Waals surface area contributed by atoms with Crippen LogP contribution in [0.4, 0.5) is 0 Å². The van der Waals surface area contributed by atoms with Gasteiger partial charge in [-0.3, -0.25) is 9.58 Å². The zero-order chi connectivity index (χ0) is 15.4. The van der Waals surface area contributed by atoms with Crippen molar-refractivity contribution in [3.63, 3.8) is 0 Å². The summed E-state index contributed by atoms with van der Waals surface area (Å²) in [5.74, 6) is 2.13. The minimum Gasteiger partial charge on any atom is -0.461 e. The van der Waals surface area contributed by atoms with Gasteiger partial charge in [-0.05, 0) is 19.8 Å². The van der Waals surface area contributed by atoms with Crippen LogP contribution in [-0.2, 0) is 4.74 Å². The van der Waals surface area contributed by atoms with Crippen LogP contribution < -0.4 is 0 Å². The Labute approximate surface area is 136 Å². The maximum Gasteiger partial charge on any atom is 0.341 e. The molecular formula is C16H25N3O2S. The van der Waals surface area contributed by atoms with Crippen molar-refractivity contribution in [3.05, 3.63) is 17.5 Å². The third-order valence-electron chi connectivity index (χ3n) is 4.68. The molecule has 1 saturated heterocycles. The fraction of sp³-hybridized carbons (Fsp3) is 0.750. The van der Waals surface area contributed by atoms with Crippen molar-refractivity contribution in [2.24, 2.45) is 0 Å². The molecule has 2 heterocycles. The van der Waals surface area contributed by atoms with Crippen molar-refractivity contribution in [2.75, 3.05) is 37.7 Å². The number of nitrogens with zero attached hydrogens (tertiary/aromatic N) is 3. The van der Waals surface area contributed by atoms with E-state index in [2.05, 4.69) is 10.00 Å². The SMILES string of the molecule is Cc1c(C(=O)OCCN2CCSCC2)cnn1C1CCCC1. The van der Waals surface area contributed by atoms with E-state index in [-0.39, 0.29) is 5.97 Å². The van der Waals surface area contributed by atoms with E-state index in [0.29, 0.717) is 18.2 Å². The number of carbonyl (C=O) groups excluding carboxylic acids is 1. The van der Waals surface area contributed by atoms with Gasteiger partial charge in [0.05, 0.1) is 17.9 Å². The first-order valence-corrected chi connectivity index (χ1v) is 9.42. The van der Waals surface area contributed by atoms with E-state index in [4.69, 9.17) is 4.74 Å². The van der Waals surface area contributed by atoms with E-state index < -0.39 is 0 Å². The third-order valence-corrected chi connectivity index (χ3v) is 5.62. The largest absolute Gasteiger partial charge is 0.461 e. The molecule has 1 aliphatic carbocycles. The zero-order valence-electron chi connectivity index (χ0n) is 13.3. The summed E-state index contributed by atoms with van der Waals surface area (Å²) in [4.78, 5) is 14.6. The van der Waals surface area contributed by atoms with Crippen molar-refractivity contribution >= 4 is 17.7 Å². The molecule has 0 atom stereocenters. The fourth-order valence-electron chi connectivity index (χ4n) is 3.31. The molecule has 1 aromatic heterocycles. The van der Waals surface area contributed by atoms with Crippen LogP contribution in [0.5, 0.6) is 0 Å². The predicted octanol–water partition coefficient (Wildman–Crippen LogP) is 2.51. The lowest BCUT2D eigenvalue weighted by Gasteiger charge is -2.25. The monoisotopic (exact) mass is 323 g/mol. The number of aromatic nitrogens is 2. The Morgan fingerprint density at radius 2 is 2.09 bits per heavy atom. The Balaban J connectivity index is 1.51. The summed E-state index contributed by atoms with van der Waals surface area (Å²) >= 11 is 1.99. The zero-order valence-corrected chi connectivity index (χ0v) is 14.1. The smallest absolute Gasteiger partial charge is 0.341 e. The molecule has 0 spiro atoms. The molecule has 22 heavy (non-hydrogen) atoms. The van der Waals surface area contributed by atoms with E-state index in [9.17, 15) is 4.79 Å². The second kappa shape index (κ2) is 7.51. The van der Waals surface area contributed by atoms with Gasteiger partial charge in [-0.25, -0.2) is 4.79 Å². The Morgan fingerprint density at radius 1 is 1.36 bits per heavy atom. The standard InChI is InChI=1S/C16H25N3O2S/c1-13-15(12-17-19(13)14-4-2-3-5-14)16(20)21-9-6-18-7-10-22-11-8-18/h12,14H,2-11H2,1H3. The van der Waals surface area contributed by atoms with Crippen molar-refractivity contribution in [1.82, 2.24) is 14.7 Å². The van der Waals surface area contributed by atoms with E-state index >= 15 is 0 Å². The van der Waals surface area contributed by atoms with Crippen molar-refractivity contribution < 1.29 is 9.53 Å². The summed E-state index contributed by atoms with van der Waals surface area (Å²) < 4.78 is 7.47. The number of thioether (sulfide) groups is 1. The summed E-state index contributed by atoms with van der Waals surface area (Å²) in [6.45, 7) is 5.48. The molecule has 1 aliphatic heterocycles. The highest BCUT2D eigenvalue weighted by atomic mass is 32.2. The summed E-state index contributed by atoms with van der Waals surface area (Å²) in [6.07, 6.45) is 6.54. The maximum atomic E-state index is 12.2. The number of ether oxygens (including phenoxy) is 1. The molecule has 0 amide bonds. The highest BCUT2D eigenvalue weighted by molar-refractivity contribution is 7.99. The Hall–Kier alpha value is -1.01. The molecule has 1 aromatic rings. The summed E-state index contributed by atoms with van der Waals surface area (Å²) in [5, 5.41) is 4.42. The number of rotatable bonds is 5. The van der Waals surface area contributed by atoms with Gasteiger partial charge in [0.1, 0.15) is 12.2 Å². The molecule has 0 aromatic carbocycles. The average Bonchev–Trinajstić information content (AvgIpc) is 3.17. The first kappa shape index (κ1) is 15.9. The van der Waals surface area contributed by atoms with Gasteiger partial charge in [0.15, 0.2) is 0 Å². The van der Waals surface area contributed by atoms with Crippen molar-refractivity contribution in [1.29, 1.82) is 0 Å². The van der Waals surface area contributed by atoms with Gasteiger partial charge in [-0.15, -0.1) is 0 Å². The molecule has 0 N–H and O–H groups in total. The minimum atomic E-state index is -0.229. The first-order valence-electron chi connectivity index (χ1n) is 8.27. The molecule has 6 heteroatoms. The Bertz CT molecular complexity index is 505. The van der Waals surface area contributed by atoms with E-state index in [1.54, 1.807) is 6.20 Å². The maximum absolute atomic E-state index is 12.2. The topological polar surface area (TPSA) is 47.4 Å². The molecule has 3 rings (SSSR count). The molecule has 2 fully saturated rings. The van der Waals surface area contributed by atoms with E-state index in [1.165, 1.54) is 37.2 Å². The van der Waals surface area contributed by atoms with Crippen LogP contribution in [0.25, 0.3) is 0 Å². The molecule has 0 unspecified atom stereocenters. The minimum absolute atomic E-state index is 0.229. The number of hydrogen-bond donors (Lipinski definition) is 0. The molecule has 5 nitrogen and oxygen atoms in total. The van der Waals surface area contributed by atoms with E-state index in [0.717, 1.165) is 25.3 Å². The number of esters is 1. The second-order valence-electron chi connectivity index (χ2n) is 6.12. The van der Waals surface area contributed by atoms with Crippen LogP contribution in [0, 0.1) is 6.92 Å². The van der Waals surface area contributed by atoms with Crippen molar-refractivity contribution in [2.45, 2.75) is 38.6 Å². The molecular weight excluding hydrogens is 298 g/mol. The normalized spacial score (nSPS) is 20.4. The van der Waals surface area contributed by atoms with Gasteiger partial charge < -0.3 is 4.74 Å². The van der Waals surface area contributed by atoms with Crippen LogP contribution in [-0.4, -0.2) is 58.4 Å². The Morgan fingerprint density at radius 3 is 2.82 bits per heavy atom. The molecule has 122 valence electrons. The van der Waals surface area contributed by atoms with E-state index in [1.807, 2.05) is 23.4 Å². The second-order valence-corrected chi connectivity index (χ2v) is 7.34. The quantitative estimate of drug-likeness (QED) is 0.779. The molecule has 2 aliphatic rings. The highest BCUT2D eigenvalue weighted by Gasteiger charge is 2.23. The summed E-state index contributed by atoms with van der Waals surface area (Å²) in [6, 6.07) is 0.465. The summed E-state index contributed by atoms with van der Waals surface area (Å²) in [5.41, 5.74) is 1.58.